The van der Waals surface area contributed by atoms with Crippen molar-refractivity contribution in [1.29, 1.82) is 0 Å². The van der Waals surface area contributed by atoms with Crippen LogP contribution in [0.15, 0.2) is 53.0 Å². The molecule has 0 bridgehead atoms. The molecule has 1 atom stereocenters. The predicted octanol–water partition coefficient (Wildman–Crippen LogP) is 3.39. The molecular weight excluding hydrogens is 387 g/mol. The van der Waals surface area contributed by atoms with Gasteiger partial charge in [-0.15, -0.1) is 0 Å². The lowest BCUT2D eigenvalue weighted by Crippen LogP contribution is -2.43. The monoisotopic (exact) mass is 406 g/mol. The highest BCUT2D eigenvalue weighted by molar-refractivity contribution is 9.10. The molecule has 1 heterocycles. The molecule has 1 aliphatic heterocycles. The second kappa shape index (κ2) is 8.56. The molecule has 4 nitrogen and oxygen atoms in total. The fourth-order valence-corrected chi connectivity index (χ4v) is 3.35. The number of amides is 1. The van der Waals surface area contributed by atoms with Gasteiger partial charge in [0, 0.05) is 29.7 Å². The highest BCUT2D eigenvalue weighted by Gasteiger charge is 2.23. The first kappa shape index (κ1) is 18.0. The van der Waals surface area contributed by atoms with E-state index in [-0.39, 0.29) is 17.8 Å². The quantitative estimate of drug-likeness (QED) is 0.827. The van der Waals surface area contributed by atoms with Crippen LogP contribution in [-0.4, -0.2) is 43.7 Å². The molecular formula is C19H20BrFN2O2. The Morgan fingerprint density at radius 2 is 1.92 bits per heavy atom. The van der Waals surface area contributed by atoms with Gasteiger partial charge in [-0.3, -0.25) is 9.69 Å². The van der Waals surface area contributed by atoms with Crippen LogP contribution in [0, 0.1) is 5.82 Å². The Morgan fingerprint density at radius 1 is 1.20 bits per heavy atom. The zero-order chi connectivity index (χ0) is 17.6. The third-order valence-electron chi connectivity index (χ3n) is 4.28. The van der Waals surface area contributed by atoms with Crippen LogP contribution in [-0.2, 0) is 4.74 Å². The summed E-state index contributed by atoms with van der Waals surface area (Å²) in [6.07, 6.45) is 0. The molecule has 0 spiro atoms. The van der Waals surface area contributed by atoms with Crippen molar-refractivity contribution in [2.24, 2.45) is 0 Å². The standard InChI is InChI=1S/C19H20BrFN2O2/c20-16-3-1-2-15(12-16)19(24)22-13-18(23-8-10-25-11-9-23)14-4-6-17(21)7-5-14/h1-7,12,18H,8-11,13H2,(H,22,24)/t18-/m0/s1. The molecule has 3 rings (SSSR count). The molecule has 1 amide bonds. The van der Waals surface area contributed by atoms with Crippen molar-refractivity contribution in [2.45, 2.75) is 6.04 Å². The molecule has 132 valence electrons. The molecule has 1 aliphatic rings. The van der Waals surface area contributed by atoms with Crippen molar-refractivity contribution in [3.8, 4) is 0 Å². The van der Waals surface area contributed by atoms with Gasteiger partial charge in [-0.25, -0.2) is 4.39 Å². The minimum Gasteiger partial charge on any atom is -0.379 e. The van der Waals surface area contributed by atoms with E-state index in [1.807, 2.05) is 12.1 Å². The summed E-state index contributed by atoms with van der Waals surface area (Å²) in [6.45, 7) is 3.36. The topological polar surface area (TPSA) is 41.6 Å². The van der Waals surface area contributed by atoms with Crippen LogP contribution < -0.4 is 5.32 Å². The van der Waals surface area contributed by atoms with Gasteiger partial charge >= 0.3 is 0 Å². The number of morpholine rings is 1. The Labute approximate surface area is 155 Å². The Kier molecular flexibility index (Phi) is 6.18. The average Bonchev–Trinajstić information content (AvgIpc) is 2.64. The second-order valence-corrected chi connectivity index (χ2v) is 6.85. The average molecular weight is 407 g/mol. The van der Waals surface area contributed by atoms with Crippen LogP contribution in [0.25, 0.3) is 0 Å². The Hall–Kier alpha value is -1.76. The minimum absolute atomic E-state index is 0.0133. The number of rotatable bonds is 5. The predicted molar refractivity (Wildman–Crippen MR) is 98.0 cm³/mol. The van der Waals surface area contributed by atoms with Crippen LogP contribution in [0.2, 0.25) is 0 Å². The number of hydrogen-bond acceptors (Lipinski definition) is 3. The zero-order valence-electron chi connectivity index (χ0n) is 13.8. The maximum absolute atomic E-state index is 13.3. The number of carbonyl (C=O) groups excluding carboxylic acids is 1. The summed E-state index contributed by atoms with van der Waals surface area (Å²) in [5.41, 5.74) is 1.59. The number of carbonyl (C=O) groups is 1. The number of benzene rings is 2. The van der Waals surface area contributed by atoms with Gasteiger partial charge < -0.3 is 10.1 Å². The van der Waals surface area contributed by atoms with Gasteiger partial charge in [-0.2, -0.15) is 0 Å². The largest absolute Gasteiger partial charge is 0.379 e. The van der Waals surface area contributed by atoms with Crippen molar-refractivity contribution in [3.05, 3.63) is 69.9 Å². The van der Waals surface area contributed by atoms with Gasteiger partial charge in [0.15, 0.2) is 0 Å². The third-order valence-corrected chi connectivity index (χ3v) is 4.78. The number of halogens is 2. The highest BCUT2D eigenvalue weighted by atomic mass is 79.9. The molecule has 6 heteroatoms. The van der Waals surface area contributed by atoms with Gasteiger partial charge in [0.1, 0.15) is 5.82 Å². The summed E-state index contributed by atoms with van der Waals surface area (Å²) in [7, 11) is 0. The van der Waals surface area contributed by atoms with Crippen molar-refractivity contribution in [3.63, 3.8) is 0 Å². The lowest BCUT2D eigenvalue weighted by Gasteiger charge is -2.35. The van der Waals surface area contributed by atoms with Crippen LogP contribution in [0.1, 0.15) is 22.0 Å². The molecule has 0 aliphatic carbocycles. The SMILES string of the molecule is O=C(NC[C@@H](c1ccc(F)cc1)N1CCOCC1)c1cccc(Br)c1. The molecule has 0 unspecified atom stereocenters. The van der Waals surface area contributed by atoms with E-state index in [9.17, 15) is 9.18 Å². The van der Waals surface area contributed by atoms with Crippen LogP contribution in [0.4, 0.5) is 4.39 Å². The number of hydrogen-bond donors (Lipinski definition) is 1. The Balaban J connectivity index is 1.73. The molecule has 1 N–H and O–H groups in total. The van der Waals surface area contributed by atoms with Gasteiger partial charge in [-0.05, 0) is 35.9 Å². The Morgan fingerprint density at radius 3 is 2.60 bits per heavy atom. The molecule has 2 aromatic carbocycles. The van der Waals surface area contributed by atoms with Crippen molar-refractivity contribution in [1.82, 2.24) is 10.2 Å². The second-order valence-electron chi connectivity index (χ2n) is 5.94. The van der Waals surface area contributed by atoms with Crippen LogP contribution in [0.5, 0.6) is 0 Å². The normalized spacial score (nSPS) is 16.4. The number of nitrogens with zero attached hydrogens (tertiary/aromatic N) is 1. The van der Waals surface area contributed by atoms with Gasteiger partial charge in [0.05, 0.1) is 19.3 Å². The fraction of sp³-hybridized carbons (Fsp3) is 0.316. The third kappa shape index (κ3) is 4.87. The smallest absolute Gasteiger partial charge is 0.251 e. The first-order chi connectivity index (χ1) is 12.1. The van der Waals surface area contributed by atoms with E-state index >= 15 is 0 Å². The molecule has 0 saturated carbocycles. The summed E-state index contributed by atoms with van der Waals surface area (Å²) in [4.78, 5) is 14.7. The van der Waals surface area contributed by atoms with Crippen LogP contribution >= 0.6 is 15.9 Å². The molecule has 1 saturated heterocycles. The zero-order valence-corrected chi connectivity index (χ0v) is 15.3. The van der Waals surface area contributed by atoms with E-state index < -0.39 is 0 Å². The summed E-state index contributed by atoms with van der Waals surface area (Å²) in [5, 5.41) is 3.00. The van der Waals surface area contributed by atoms with Gasteiger partial charge in [0.25, 0.3) is 5.91 Å². The van der Waals surface area contributed by atoms with Gasteiger partial charge in [-0.1, -0.05) is 34.1 Å². The van der Waals surface area contributed by atoms with Crippen molar-refractivity contribution < 1.29 is 13.9 Å². The van der Waals surface area contributed by atoms with E-state index in [2.05, 4.69) is 26.1 Å². The van der Waals surface area contributed by atoms with Gasteiger partial charge in [0.2, 0.25) is 0 Å². The molecule has 25 heavy (non-hydrogen) atoms. The van der Waals surface area contributed by atoms with E-state index in [1.54, 1.807) is 24.3 Å². The van der Waals surface area contributed by atoms with E-state index in [4.69, 9.17) is 4.74 Å². The molecule has 0 aromatic heterocycles. The maximum Gasteiger partial charge on any atom is 0.251 e. The van der Waals surface area contributed by atoms with E-state index in [0.29, 0.717) is 25.3 Å². The highest BCUT2D eigenvalue weighted by Crippen LogP contribution is 2.22. The lowest BCUT2D eigenvalue weighted by molar-refractivity contribution is 0.0162. The molecule has 0 radical (unpaired) electrons. The lowest BCUT2D eigenvalue weighted by atomic mass is 10.0. The maximum atomic E-state index is 13.3. The molecule has 2 aromatic rings. The Bertz CT molecular complexity index is 718. The number of ether oxygens (including phenoxy) is 1. The van der Waals surface area contributed by atoms with Crippen LogP contribution in [0.3, 0.4) is 0 Å². The minimum atomic E-state index is -0.261. The van der Waals surface area contributed by atoms with E-state index in [1.165, 1.54) is 12.1 Å². The van der Waals surface area contributed by atoms with Crippen molar-refractivity contribution >= 4 is 21.8 Å². The van der Waals surface area contributed by atoms with Crippen molar-refractivity contribution in [2.75, 3.05) is 32.8 Å². The first-order valence-corrected chi connectivity index (χ1v) is 9.04. The summed E-state index contributed by atoms with van der Waals surface area (Å²) in [6, 6.07) is 13.7. The number of nitrogens with one attached hydrogen (secondary N) is 1. The summed E-state index contributed by atoms with van der Waals surface area (Å²) < 4.78 is 19.5. The van der Waals surface area contributed by atoms with E-state index in [0.717, 1.165) is 23.1 Å². The fourth-order valence-electron chi connectivity index (χ4n) is 2.95. The first-order valence-electron chi connectivity index (χ1n) is 8.24. The summed E-state index contributed by atoms with van der Waals surface area (Å²) >= 11 is 3.38. The summed E-state index contributed by atoms with van der Waals surface area (Å²) in [5.74, 6) is -0.385. The molecule has 1 fully saturated rings.